The maximum Gasteiger partial charge on any atom is 0.243 e. The summed E-state index contributed by atoms with van der Waals surface area (Å²) < 4.78 is 26.7. The molecule has 1 aromatic rings. The van der Waals surface area contributed by atoms with Crippen LogP contribution in [0.4, 0.5) is 0 Å². The first-order chi connectivity index (χ1) is 9.45. The van der Waals surface area contributed by atoms with Gasteiger partial charge in [-0.05, 0) is 30.9 Å². The Morgan fingerprint density at radius 3 is 2.35 bits per heavy atom. The van der Waals surface area contributed by atoms with E-state index in [1.54, 1.807) is 28.6 Å². The number of thiocarbonyl (C=S) groups is 1. The van der Waals surface area contributed by atoms with Gasteiger partial charge in [0, 0.05) is 18.7 Å². The van der Waals surface area contributed by atoms with Crippen molar-refractivity contribution in [3.63, 3.8) is 0 Å². The van der Waals surface area contributed by atoms with Crippen molar-refractivity contribution in [2.24, 2.45) is 11.7 Å². The minimum absolute atomic E-state index is 0.274. The number of hydrogen-bond donors (Lipinski definition) is 1. The van der Waals surface area contributed by atoms with Crippen LogP contribution in [0.3, 0.4) is 0 Å². The molecular formula is C14H20N2O2S2. The highest BCUT2D eigenvalue weighted by Gasteiger charge is 2.28. The molecule has 0 aliphatic heterocycles. The Bertz CT molecular complexity index is 578. The van der Waals surface area contributed by atoms with Crippen LogP contribution in [-0.4, -0.2) is 30.8 Å². The third kappa shape index (κ3) is 3.19. The average molecular weight is 312 g/mol. The summed E-state index contributed by atoms with van der Waals surface area (Å²) in [5.41, 5.74) is 6.20. The van der Waals surface area contributed by atoms with Crippen LogP contribution in [0, 0.1) is 5.92 Å². The Kier molecular flexibility index (Phi) is 4.78. The van der Waals surface area contributed by atoms with Crippen LogP contribution < -0.4 is 5.73 Å². The van der Waals surface area contributed by atoms with E-state index in [2.05, 4.69) is 0 Å². The van der Waals surface area contributed by atoms with Crippen molar-refractivity contribution in [1.82, 2.24) is 4.31 Å². The Morgan fingerprint density at radius 2 is 1.95 bits per heavy atom. The number of rotatable bonds is 6. The van der Waals surface area contributed by atoms with Gasteiger partial charge in [-0.25, -0.2) is 8.42 Å². The summed E-state index contributed by atoms with van der Waals surface area (Å²) in [7, 11) is -3.42. The van der Waals surface area contributed by atoms with Crippen molar-refractivity contribution >= 4 is 27.2 Å². The maximum absolute atomic E-state index is 12.6. The van der Waals surface area contributed by atoms with E-state index < -0.39 is 10.0 Å². The van der Waals surface area contributed by atoms with Crippen LogP contribution >= 0.6 is 12.2 Å². The topological polar surface area (TPSA) is 63.4 Å². The smallest absolute Gasteiger partial charge is 0.243 e. The summed E-state index contributed by atoms with van der Waals surface area (Å²) in [5, 5.41) is 0. The maximum atomic E-state index is 12.6. The minimum atomic E-state index is -3.42. The van der Waals surface area contributed by atoms with Crippen LogP contribution in [-0.2, 0) is 10.0 Å². The number of sulfonamides is 1. The number of nitrogens with two attached hydrogens (primary N) is 1. The first-order valence-corrected chi connectivity index (χ1v) is 8.70. The second kappa shape index (κ2) is 6.20. The SMILES string of the molecule is CCN(CC1CCC1)S(=O)(=O)c1ccc(C(N)=S)cc1. The van der Waals surface area contributed by atoms with E-state index in [4.69, 9.17) is 18.0 Å². The minimum Gasteiger partial charge on any atom is -0.389 e. The van der Waals surface area contributed by atoms with Gasteiger partial charge in [-0.15, -0.1) is 0 Å². The van der Waals surface area contributed by atoms with E-state index in [-0.39, 0.29) is 4.99 Å². The van der Waals surface area contributed by atoms with E-state index in [1.807, 2.05) is 6.92 Å². The van der Waals surface area contributed by atoms with Gasteiger partial charge in [0.1, 0.15) is 4.99 Å². The van der Waals surface area contributed by atoms with Gasteiger partial charge in [-0.2, -0.15) is 4.31 Å². The fourth-order valence-electron chi connectivity index (χ4n) is 2.30. The molecule has 1 aliphatic carbocycles. The molecule has 0 unspecified atom stereocenters. The van der Waals surface area contributed by atoms with Crippen molar-refractivity contribution in [3.05, 3.63) is 29.8 Å². The molecule has 0 amide bonds. The highest BCUT2D eigenvalue weighted by molar-refractivity contribution is 7.89. The largest absolute Gasteiger partial charge is 0.389 e. The van der Waals surface area contributed by atoms with Crippen molar-refractivity contribution in [1.29, 1.82) is 0 Å². The second-order valence-corrected chi connectivity index (χ2v) is 7.52. The fraction of sp³-hybridized carbons (Fsp3) is 0.500. The predicted molar refractivity (Wildman–Crippen MR) is 84.1 cm³/mol. The van der Waals surface area contributed by atoms with Crippen molar-refractivity contribution in [2.45, 2.75) is 31.1 Å². The van der Waals surface area contributed by atoms with Crippen LogP contribution in [0.1, 0.15) is 31.7 Å². The highest BCUT2D eigenvalue weighted by atomic mass is 32.2. The van der Waals surface area contributed by atoms with Crippen molar-refractivity contribution in [2.75, 3.05) is 13.1 Å². The molecule has 2 N–H and O–H groups in total. The number of benzene rings is 1. The van der Waals surface area contributed by atoms with Gasteiger partial charge in [-0.3, -0.25) is 0 Å². The van der Waals surface area contributed by atoms with Crippen LogP contribution in [0.15, 0.2) is 29.2 Å². The van der Waals surface area contributed by atoms with Crippen LogP contribution in [0.25, 0.3) is 0 Å². The number of hydrogen-bond acceptors (Lipinski definition) is 3. The van der Waals surface area contributed by atoms with Gasteiger partial charge in [0.05, 0.1) is 4.90 Å². The van der Waals surface area contributed by atoms with E-state index in [1.165, 1.54) is 6.42 Å². The zero-order valence-electron chi connectivity index (χ0n) is 11.6. The lowest BCUT2D eigenvalue weighted by Gasteiger charge is -2.31. The van der Waals surface area contributed by atoms with Gasteiger partial charge >= 0.3 is 0 Å². The van der Waals surface area contributed by atoms with Crippen molar-refractivity contribution in [3.8, 4) is 0 Å². The molecule has 20 heavy (non-hydrogen) atoms. The first-order valence-electron chi connectivity index (χ1n) is 6.85. The van der Waals surface area contributed by atoms with E-state index in [9.17, 15) is 8.42 Å². The Hall–Kier alpha value is -0.980. The Morgan fingerprint density at radius 1 is 1.35 bits per heavy atom. The normalized spacial score (nSPS) is 16.1. The molecule has 1 aliphatic rings. The highest BCUT2D eigenvalue weighted by Crippen LogP contribution is 2.29. The van der Waals surface area contributed by atoms with Gasteiger partial charge in [-0.1, -0.05) is 37.7 Å². The molecule has 6 heteroatoms. The summed E-state index contributed by atoms with van der Waals surface area (Å²) in [6, 6.07) is 6.47. The third-order valence-corrected chi connectivity index (χ3v) is 6.01. The lowest BCUT2D eigenvalue weighted by atomic mass is 9.85. The molecule has 4 nitrogen and oxygen atoms in total. The van der Waals surface area contributed by atoms with Gasteiger partial charge < -0.3 is 5.73 Å². The summed E-state index contributed by atoms with van der Waals surface area (Å²) in [5.74, 6) is 0.514. The van der Waals surface area contributed by atoms with Gasteiger partial charge in [0.15, 0.2) is 0 Å². The summed E-state index contributed by atoms with van der Waals surface area (Å²) in [6.45, 7) is 2.99. The first kappa shape index (κ1) is 15.4. The molecule has 1 saturated carbocycles. The molecule has 0 atom stereocenters. The van der Waals surface area contributed by atoms with Crippen LogP contribution in [0.2, 0.25) is 0 Å². The zero-order valence-corrected chi connectivity index (χ0v) is 13.2. The molecular weight excluding hydrogens is 292 g/mol. The molecule has 110 valence electrons. The average Bonchev–Trinajstić information content (AvgIpc) is 2.37. The lowest BCUT2D eigenvalue weighted by Crippen LogP contribution is -2.37. The van der Waals surface area contributed by atoms with E-state index in [0.29, 0.717) is 29.5 Å². The zero-order chi connectivity index (χ0) is 14.8. The van der Waals surface area contributed by atoms with E-state index in [0.717, 1.165) is 12.8 Å². The lowest BCUT2D eigenvalue weighted by molar-refractivity contribution is 0.250. The Balaban J connectivity index is 2.20. The monoisotopic (exact) mass is 312 g/mol. The number of nitrogens with zero attached hydrogens (tertiary/aromatic N) is 1. The van der Waals surface area contributed by atoms with Gasteiger partial charge in [0.25, 0.3) is 0 Å². The molecule has 0 aromatic heterocycles. The molecule has 0 heterocycles. The molecule has 1 fully saturated rings. The predicted octanol–water partition coefficient (Wildman–Crippen LogP) is 2.13. The summed E-state index contributed by atoms with van der Waals surface area (Å²) in [6.07, 6.45) is 3.48. The Labute approximate surface area is 126 Å². The molecule has 2 rings (SSSR count). The molecule has 1 aromatic carbocycles. The standard InChI is InChI=1S/C14H20N2O2S2/c1-2-16(10-11-4-3-5-11)20(17,18)13-8-6-12(7-9-13)14(15)19/h6-9,11H,2-5,10H2,1H3,(H2,15,19). The molecule has 0 saturated heterocycles. The summed E-state index contributed by atoms with van der Waals surface area (Å²) >= 11 is 4.87. The summed E-state index contributed by atoms with van der Waals surface area (Å²) in [4.78, 5) is 0.578. The van der Waals surface area contributed by atoms with Crippen LogP contribution in [0.5, 0.6) is 0 Å². The second-order valence-electron chi connectivity index (χ2n) is 5.14. The fourth-order valence-corrected chi connectivity index (χ4v) is 3.96. The molecule has 0 radical (unpaired) electrons. The van der Waals surface area contributed by atoms with E-state index >= 15 is 0 Å². The third-order valence-electron chi connectivity index (χ3n) is 3.82. The van der Waals surface area contributed by atoms with Gasteiger partial charge in [0.2, 0.25) is 10.0 Å². The molecule has 0 bridgehead atoms. The quantitative estimate of drug-likeness (QED) is 0.817. The van der Waals surface area contributed by atoms with Crippen molar-refractivity contribution < 1.29 is 8.42 Å². The molecule has 0 spiro atoms.